The SMILES string of the molecule is COC(=O)c1ccc(C(=O)N2c3ccccc3CCC2C(=O)Nc2ccc(C)cc2)cc1. The summed E-state index contributed by atoms with van der Waals surface area (Å²) in [5.74, 6) is -0.997. The zero-order valence-electron chi connectivity index (χ0n) is 18.0. The third-order valence-corrected chi connectivity index (χ3v) is 5.64. The molecule has 6 nitrogen and oxygen atoms in total. The van der Waals surface area contributed by atoms with Crippen molar-refractivity contribution in [2.75, 3.05) is 17.3 Å². The number of hydrogen-bond donors (Lipinski definition) is 1. The molecule has 2 amide bonds. The molecule has 1 aliphatic rings. The lowest BCUT2D eigenvalue weighted by Gasteiger charge is -2.36. The minimum absolute atomic E-state index is 0.233. The van der Waals surface area contributed by atoms with Crippen LogP contribution in [0, 0.1) is 6.92 Å². The van der Waals surface area contributed by atoms with Crippen LogP contribution in [0.15, 0.2) is 72.8 Å². The molecular weight excluding hydrogens is 404 g/mol. The summed E-state index contributed by atoms with van der Waals surface area (Å²) in [7, 11) is 1.31. The molecule has 4 rings (SSSR count). The average molecular weight is 428 g/mol. The number of amides is 2. The van der Waals surface area contributed by atoms with Gasteiger partial charge < -0.3 is 10.1 Å². The lowest BCUT2D eigenvalue weighted by molar-refractivity contribution is -0.117. The number of esters is 1. The van der Waals surface area contributed by atoms with E-state index in [1.54, 1.807) is 29.2 Å². The Balaban J connectivity index is 1.66. The van der Waals surface area contributed by atoms with Crippen molar-refractivity contribution in [1.29, 1.82) is 0 Å². The normalized spacial score (nSPS) is 14.9. The molecule has 1 aliphatic heterocycles. The van der Waals surface area contributed by atoms with Gasteiger partial charge in [-0.2, -0.15) is 0 Å². The van der Waals surface area contributed by atoms with Gasteiger partial charge in [-0.3, -0.25) is 14.5 Å². The van der Waals surface area contributed by atoms with Gasteiger partial charge in [-0.25, -0.2) is 4.79 Å². The number of nitrogens with one attached hydrogen (secondary N) is 1. The monoisotopic (exact) mass is 428 g/mol. The summed E-state index contributed by atoms with van der Waals surface area (Å²) in [5.41, 5.74) is 4.28. The van der Waals surface area contributed by atoms with Crippen LogP contribution in [-0.2, 0) is 16.0 Å². The lowest BCUT2D eigenvalue weighted by atomic mass is 9.94. The minimum Gasteiger partial charge on any atom is -0.465 e. The molecule has 0 bridgehead atoms. The predicted molar refractivity (Wildman–Crippen MR) is 123 cm³/mol. The van der Waals surface area contributed by atoms with Crippen LogP contribution in [0.25, 0.3) is 0 Å². The third-order valence-electron chi connectivity index (χ3n) is 5.64. The minimum atomic E-state index is -0.654. The highest BCUT2D eigenvalue weighted by molar-refractivity contribution is 6.12. The lowest BCUT2D eigenvalue weighted by Crippen LogP contribution is -2.50. The Labute approximate surface area is 186 Å². The summed E-state index contributed by atoms with van der Waals surface area (Å²) < 4.78 is 4.72. The quantitative estimate of drug-likeness (QED) is 0.626. The second kappa shape index (κ2) is 9.06. The first-order valence-electron chi connectivity index (χ1n) is 10.5. The second-order valence-corrected chi connectivity index (χ2v) is 7.78. The summed E-state index contributed by atoms with van der Waals surface area (Å²) in [6, 6.07) is 20.8. The van der Waals surface area contributed by atoms with Crippen LogP contribution in [0.1, 0.15) is 38.3 Å². The Hall–Kier alpha value is -3.93. The predicted octanol–water partition coefficient (Wildman–Crippen LogP) is 4.38. The van der Waals surface area contributed by atoms with Crippen molar-refractivity contribution < 1.29 is 19.1 Å². The number of nitrogens with zero attached hydrogens (tertiary/aromatic N) is 1. The van der Waals surface area contributed by atoms with Crippen molar-refractivity contribution in [3.05, 3.63) is 95.1 Å². The molecule has 1 unspecified atom stereocenters. The fourth-order valence-corrected chi connectivity index (χ4v) is 3.91. The Kier molecular flexibility index (Phi) is 6.03. The van der Waals surface area contributed by atoms with Crippen LogP contribution in [0.4, 0.5) is 11.4 Å². The van der Waals surface area contributed by atoms with Gasteiger partial charge in [0.05, 0.1) is 12.7 Å². The molecule has 6 heteroatoms. The highest BCUT2D eigenvalue weighted by Crippen LogP contribution is 2.32. The molecule has 0 aliphatic carbocycles. The standard InChI is InChI=1S/C26H24N2O4/c1-17-7-14-21(15-8-17)27-24(29)23-16-13-18-5-3-4-6-22(18)28(23)25(30)19-9-11-20(12-10-19)26(31)32-2/h3-12,14-15,23H,13,16H2,1-2H3,(H,27,29). The van der Waals surface area contributed by atoms with Gasteiger partial charge in [0, 0.05) is 16.9 Å². The second-order valence-electron chi connectivity index (χ2n) is 7.78. The van der Waals surface area contributed by atoms with Crippen molar-refractivity contribution in [3.8, 4) is 0 Å². The van der Waals surface area contributed by atoms with Gasteiger partial charge in [0.15, 0.2) is 0 Å². The van der Waals surface area contributed by atoms with Crippen LogP contribution in [-0.4, -0.2) is 30.9 Å². The third kappa shape index (κ3) is 4.25. The van der Waals surface area contributed by atoms with Gasteiger partial charge >= 0.3 is 5.97 Å². The Morgan fingerprint density at radius 1 is 0.906 bits per heavy atom. The number of carbonyl (C=O) groups excluding carboxylic acids is 3. The number of benzene rings is 3. The molecule has 0 fully saturated rings. The van der Waals surface area contributed by atoms with Gasteiger partial charge in [0.1, 0.15) is 6.04 Å². The Morgan fingerprint density at radius 3 is 2.25 bits per heavy atom. The largest absolute Gasteiger partial charge is 0.465 e. The van der Waals surface area contributed by atoms with E-state index in [0.29, 0.717) is 29.7 Å². The first kappa shape index (κ1) is 21.3. The summed E-state index contributed by atoms with van der Waals surface area (Å²) in [4.78, 5) is 40.1. The molecule has 162 valence electrons. The van der Waals surface area contributed by atoms with Gasteiger partial charge in [-0.05, 0) is 67.8 Å². The number of hydrogen-bond acceptors (Lipinski definition) is 4. The number of carbonyl (C=O) groups is 3. The van der Waals surface area contributed by atoms with E-state index in [-0.39, 0.29) is 11.8 Å². The molecule has 1 heterocycles. The van der Waals surface area contributed by atoms with E-state index in [1.165, 1.54) is 7.11 Å². The fourth-order valence-electron chi connectivity index (χ4n) is 3.91. The number of ether oxygens (including phenoxy) is 1. The van der Waals surface area contributed by atoms with E-state index in [4.69, 9.17) is 4.74 Å². The van der Waals surface area contributed by atoms with Crippen molar-refractivity contribution in [2.24, 2.45) is 0 Å². The maximum Gasteiger partial charge on any atom is 0.337 e. The van der Waals surface area contributed by atoms with Gasteiger partial charge in [-0.1, -0.05) is 35.9 Å². The van der Waals surface area contributed by atoms with Crippen molar-refractivity contribution in [2.45, 2.75) is 25.8 Å². The molecule has 1 N–H and O–H groups in total. The smallest absolute Gasteiger partial charge is 0.337 e. The van der Waals surface area contributed by atoms with E-state index < -0.39 is 12.0 Å². The molecule has 0 radical (unpaired) electrons. The molecule has 0 saturated carbocycles. The molecule has 1 atom stereocenters. The first-order chi connectivity index (χ1) is 15.5. The number of anilines is 2. The molecular formula is C26H24N2O4. The van der Waals surface area contributed by atoms with Gasteiger partial charge in [-0.15, -0.1) is 0 Å². The average Bonchev–Trinajstić information content (AvgIpc) is 2.83. The maximum absolute atomic E-state index is 13.6. The van der Waals surface area contributed by atoms with E-state index in [2.05, 4.69) is 5.32 Å². The molecule has 3 aromatic carbocycles. The zero-order chi connectivity index (χ0) is 22.7. The van der Waals surface area contributed by atoms with Crippen LogP contribution >= 0.6 is 0 Å². The van der Waals surface area contributed by atoms with E-state index in [9.17, 15) is 14.4 Å². The number of aryl methyl sites for hydroxylation is 2. The van der Waals surface area contributed by atoms with Crippen molar-refractivity contribution >= 4 is 29.2 Å². The summed E-state index contributed by atoms with van der Waals surface area (Å²) in [5, 5.41) is 2.94. The zero-order valence-corrected chi connectivity index (χ0v) is 18.0. The Bertz CT molecular complexity index is 1150. The van der Waals surface area contributed by atoms with E-state index >= 15 is 0 Å². The van der Waals surface area contributed by atoms with Crippen molar-refractivity contribution in [3.63, 3.8) is 0 Å². The van der Waals surface area contributed by atoms with Crippen LogP contribution < -0.4 is 10.2 Å². The topological polar surface area (TPSA) is 75.7 Å². The van der Waals surface area contributed by atoms with Crippen LogP contribution in [0.2, 0.25) is 0 Å². The maximum atomic E-state index is 13.6. The van der Waals surface area contributed by atoms with Gasteiger partial charge in [0.2, 0.25) is 5.91 Å². The highest BCUT2D eigenvalue weighted by atomic mass is 16.5. The highest BCUT2D eigenvalue weighted by Gasteiger charge is 2.36. The number of methoxy groups -OCH3 is 1. The summed E-state index contributed by atoms with van der Waals surface area (Å²) in [6.45, 7) is 1.98. The Morgan fingerprint density at radius 2 is 1.56 bits per heavy atom. The number of rotatable bonds is 4. The van der Waals surface area contributed by atoms with Crippen molar-refractivity contribution in [1.82, 2.24) is 0 Å². The number of fused-ring (bicyclic) bond motifs is 1. The number of para-hydroxylation sites is 1. The van der Waals surface area contributed by atoms with Crippen LogP contribution in [0.3, 0.4) is 0 Å². The van der Waals surface area contributed by atoms with Gasteiger partial charge in [0.25, 0.3) is 5.91 Å². The molecule has 0 aromatic heterocycles. The fraction of sp³-hybridized carbons (Fsp3) is 0.192. The molecule has 32 heavy (non-hydrogen) atoms. The molecule has 3 aromatic rings. The van der Waals surface area contributed by atoms with Crippen LogP contribution in [0.5, 0.6) is 0 Å². The molecule has 0 saturated heterocycles. The summed E-state index contributed by atoms with van der Waals surface area (Å²) >= 11 is 0. The van der Waals surface area contributed by atoms with E-state index in [1.807, 2.05) is 55.5 Å². The summed E-state index contributed by atoms with van der Waals surface area (Å²) in [6.07, 6.45) is 1.22. The first-order valence-corrected chi connectivity index (χ1v) is 10.5. The molecule has 0 spiro atoms. The van der Waals surface area contributed by atoms with E-state index in [0.717, 1.165) is 16.8 Å².